The lowest BCUT2D eigenvalue weighted by atomic mass is 10.1. The van der Waals surface area contributed by atoms with Gasteiger partial charge in [0.1, 0.15) is 0 Å². The zero-order valence-electron chi connectivity index (χ0n) is 11.5. The summed E-state index contributed by atoms with van der Waals surface area (Å²) in [5, 5.41) is 1.19. The SMILES string of the molecule is COC(=O)c1ccc2c(-c3ccnc(Cl)n3)cn(C)c2c1. The first kappa shape index (κ1) is 13.6. The zero-order valence-corrected chi connectivity index (χ0v) is 12.3. The average molecular weight is 302 g/mol. The normalized spacial score (nSPS) is 10.8. The third kappa shape index (κ3) is 2.36. The molecule has 0 aliphatic carbocycles. The Morgan fingerprint density at radius 2 is 2.14 bits per heavy atom. The van der Waals surface area contributed by atoms with E-state index in [4.69, 9.17) is 16.3 Å². The minimum Gasteiger partial charge on any atom is -0.465 e. The number of carbonyl (C=O) groups excluding carboxylic acids is 1. The van der Waals surface area contributed by atoms with Gasteiger partial charge in [0.05, 0.1) is 18.4 Å². The Balaban J connectivity index is 2.20. The number of ether oxygens (including phenoxy) is 1. The molecule has 0 aliphatic heterocycles. The first-order valence-corrected chi connectivity index (χ1v) is 6.64. The molecule has 2 aromatic heterocycles. The molecule has 5 nitrogen and oxygen atoms in total. The second-order valence-electron chi connectivity index (χ2n) is 4.59. The van der Waals surface area contributed by atoms with E-state index >= 15 is 0 Å². The van der Waals surface area contributed by atoms with Gasteiger partial charge in [0.2, 0.25) is 5.28 Å². The fraction of sp³-hybridized carbons (Fsp3) is 0.133. The average Bonchev–Trinajstić information content (AvgIpc) is 2.83. The second-order valence-corrected chi connectivity index (χ2v) is 4.93. The maximum Gasteiger partial charge on any atom is 0.337 e. The van der Waals surface area contributed by atoms with Crippen molar-refractivity contribution in [2.45, 2.75) is 0 Å². The van der Waals surface area contributed by atoms with Gasteiger partial charge in [-0.25, -0.2) is 14.8 Å². The standard InChI is InChI=1S/C15H12ClN3O2/c1-19-8-11(12-5-6-17-15(16)18-12)10-4-3-9(7-13(10)19)14(20)21-2/h3-8H,1-2H3. The van der Waals surface area contributed by atoms with Crippen molar-refractivity contribution in [3.05, 3.63) is 47.5 Å². The molecule has 0 bridgehead atoms. The van der Waals surface area contributed by atoms with Crippen LogP contribution in [0.5, 0.6) is 0 Å². The van der Waals surface area contributed by atoms with E-state index in [0.717, 1.165) is 22.2 Å². The summed E-state index contributed by atoms with van der Waals surface area (Å²) >= 11 is 5.85. The van der Waals surface area contributed by atoms with Crippen LogP contribution in [0.15, 0.2) is 36.7 Å². The van der Waals surface area contributed by atoms with Crippen molar-refractivity contribution < 1.29 is 9.53 Å². The molecule has 0 unspecified atom stereocenters. The Labute approximate surface area is 126 Å². The van der Waals surface area contributed by atoms with Crippen LogP contribution in [0.25, 0.3) is 22.2 Å². The Hall–Kier alpha value is -2.40. The van der Waals surface area contributed by atoms with Gasteiger partial charge in [-0.05, 0) is 29.8 Å². The van der Waals surface area contributed by atoms with E-state index in [1.807, 2.05) is 23.9 Å². The van der Waals surface area contributed by atoms with Crippen LogP contribution in [0.1, 0.15) is 10.4 Å². The van der Waals surface area contributed by atoms with Gasteiger partial charge in [0.15, 0.2) is 0 Å². The molecule has 0 atom stereocenters. The summed E-state index contributed by atoms with van der Waals surface area (Å²) in [5.41, 5.74) is 3.11. The molecule has 3 aromatic rings. The van der Waals surface area contributed by atoms with Crippen molar-refractivity contribution in [3.8, 4) is 11.3 Å². The lowest BCUT2D eigenvalue weighted by molar-refractivity contribution is 0.0601. The van der Waals surface area contributed by atoms with E-state index in [0.29, 0.717) is 5.56 Å². The molecule has 2 heterocycles. The Morgan fingerprint density at radius 3 is 2.86 bits per heavy atom. The number of esters is 1. The fourth-order valence-corrected chi connectivity index (χ4v) is 2.47. The van der Waals surface area contributed by atoms with Crippen molar-refractivity contribution in [1.82, 2.24) is 14.5 Å². The number of rotatable bonds is 2. The third-order valence-corrected chi connectivity index (χ3v) is 3.50. The van der Waals surface area contributed by atoms with Crippen molar-refractivity contribution in [3.63, 3.8) is 0 Å². The lowest BCUT2D eigenvalue weighted by Gasteiger charge is -2.02. The van der Waals surface area contributed by atoms with Crippen molar-refractivity contribution in [1.29, 1.82) is 0 Å². The Morgan fingerprint density at radius 1 is 1.33 bits per heavy atom. The summed E-state index contributed by atoms with van der Waals surface area (Å²) in [6.45, 7) is 0. The van der Waals surface area contributed by atoms with Crippen LogP contribution in [-0.2, 0) is 11.8 Å². The molecule has 21 heavy (non-hydrogen) atoms. The molecular formula is C15H12ClN3O2. The molecule has 106 valence electrons. The van der Waals surface area contributed by atoms with Crippen molar-refractivity contribution in [2.24, 2.45) is 7.05 Å². The van der Waals surface area contributed by atoms with Gasteiger partial charge in [-0.15, -0.1) is 0 Å². The largest absolute Gasteiger partial charge is 0.465 e. The number of fused-ring (bicyclic) bond motifs is 1. The number of halogens is 1. The molecule has 6 heteroatoms. The van der Waals surface area contributed by atoms with Crippen LogP contribution < -0.4 is 0 Å². The van der Waals surface area contributed by atoms with Crippen LogP contribution in [0.2, 0.25) is 5.28 Å². The minimum atomic E-state index is -0.357. The quantitative estimate of drug-likeness (QED) is 0.539. The molecule has 0 fully saturated rings. The van der Waals surface area contributed by atoms with Gasteiger partial charge in [-0.2, -0.15) is 0 Å². The van der Waals surface area contributed by atoms with Crippen LogP contribution >= 0.6 is 11.6 Å². The highest BCUT2D eigenvalue weighted by molar-refractivity contribution is 6.28. The molecule has 0 saturated heterocycles. The second kappa shape index (κ2) is 5.18. The number of aryl methyl sites for hydroxylation is 1. The number of benzene rings is 1. The maximum atomic E-state index is 11.6. The summed E-state index contributed by atoms with van der Waals surface area (Å²) in [6, 6.07) is 7.22. The van der Waals surface area contributed by atoms with Crippen LogP contribution in [0.4, 0.5) is 0 Å². The van der Waals surface area contributed by atoms with Crippen molar-refractivity contribution >= 4 is 28.5 Å². The maximum absolute atomic E-state index is 11.6. The summed E-state index contributed by atoms with van der Waals surface area (Å²) in [7, 11) is 3.28. The Bertz CT molecular complexity index is 842. The smallest absolute Gasteiger partial charge is 0.337 e. The number of methoxy groups -OCH3 is 1. The highest BCUT2D eigenvalue weighted by Gasteiger charge is 2.13. The van der Waals surface area contributed by atoms with E-state index in [2.05, 4.69) is 9.97 Å². The first-order valence-electron chi connectivity index (χ1n) is 6.26. The highest BCUT2D eigenvalue weighted by Crippen LogP contribution is 2.30. The summed E-state index contributed by atoms with van der Waals surface area (Å²) in [4.78, 5) is 19.7. The van der Waals surface area contributed by atoms with Crippen LogP contribution in [-0.4, -0.2) is 27.6 Å². The fourth-order valence-electron chi connectivity index (χ4n) is 2.32. The summed E-state index contributed by atoms with van der Waals surface area (Å²) in [5.74, 6) is -0.357. The number of hydrogen-bond acceptors (Lipinski definition) is 4. The highest BCUT2D eigenvalue weighted by atomic mass is 35.5. The van der Waals surface area contributed by atoms with Crippen LogP contribution in [0, 0.1) is 0 Å². The van der Waals surface area contributed by atoms with Gasteiger partial charge >= 0.3 is 5.97 Å². The van der Waals surface area contributed by atoms with Gasteiger partial charge in [-0.1, -0.05) is 6.07 Å². The zero-order chi connectivity index (χ0) is 15.0. The molecule has 0 spiro atoms. The van der Waals surface area contributed by atoms with E-state index in [9.17, 15) is 4.79 Å². The van der Waals surface area contributed by atoms with Gasteiger partial charge < -0.3 is 9.30 Å². The number of aromatic nitrogens is 3. The molecule has 3 rings (SSSR count). The molecular weight excluding hydrogens is 290 g/mol. The Kier molecular flexibility index (Phi) is 3.35. The molecule has 0 N–H and O–H groups in total. The topological polar surface area (TPSA) is 57.0 Å². The number of hydrogen-bond donors (Lipinski definition) is 0. The van der Waals surface area contributed by atoms with Crippen molar-refractivity contribution in [2.75, 3.05) is 7.11 Å². The minimum absolute atomic E-state index is 0.204. The van der Waals surface area contributed by atoms with E-state index in [1.165, 1.54) is 7.11 Å². The predicted octanol–water partition coefficient (Wildman–Crippen LogP) is 3.08. The van der Waals surface area contributed by atoms with Gasteiger partial charge in [0.25, 0.3) is 0 Å². The number of nitrogens with zero attached hydrogens (tertiary/aromatic N) is 3. The monoisotopic (exact) mass is 301 g/mol. The predicted molar refractivity (Wildman–Crippen MR) is 80.3 cm³/mol. The van der Waals surface area contributed by atoms with E-state index in [1.54, 1.807) is 24.4 Å². The van der Waals surface area contributed by atoms with Gasteiger partial charge in [0, 0.05) is 35.9 Å². The van der Waals surface area contributed by atoms with E-state index in [-0.39, 0.29) is 11.3 Å². The van der Waals surface area contributed by atoms with Gasteiger partial charge in [-0.3, -0.25) is 0 Å². The molecule has 0 saturated carbocycles. The third-order valence-electron chi connectivity index (χ3n) is 3.31. The summed E-state index contributed by atoms with van der Waals surface area (Å²) < 4.78 is 6.68. The lowest BCUT2D eigenvalue weighted by Crippen LogP contribution is -2.00. The molecule has 0 aliphatic rings. The molecule has 0 radical (unpaired) electrons. The molecule has 1 aromatic carbocycles. The summed E-state index contributed by atoms with van der Waals surface area (Å²) in [6.07, 6.45) is 3.57. The number of carbonyl (C=O) groups is 1. The first-order chi connectivity index (χ1) is 10.1. The molecule has 0 amide bonds. The van der Waals surface area contributed by atoms with E-state index < -0.39 is 0 Å². The van der Waals surface area contributed by atoms with Crippen LogP contribution in [0.3, 0.4) is 0 Å².